The minimum Gasteiger partial charge on any atom is -0.383 e. The zero-order valence-corrected chi connectivity index (χ0v) is 20.5. The molecule has 2 N–H and O–H groups in total. The summed E-state index contributed by atoms with van der Waals surface area (Å²) in [6.45, 7) is 6.58. The largest absolute Gasteiger partial charge is 0.383 e. The molecule has 1 saturated heterocycles. The summed E-state index contributed by atoms with van der Waals surface area (Å²) in [6.07, 6.45) is 3.93. The number of fused-ring (bicyclic) bond motifs is 2. The van der Waals surface area contributed by atoms with E-state index < -0.39 is 5.60 Å². The maximum Gasteiger partial charge on any atom is 0.141 e. The smallest absolute Gasteiger partial charge is 0.141 e. The normalized spacial score (nSPS) is 24.8. The molecule has 5 rings (SSSR count). The van der Waals surface area contributed by atoms with Crippen LogP contribution in [0.3, 0.4) is 0 Å². The Morgan fingerprint density at radius 2 is 2.00 bits per heavy atom. The number of hydrogen-bond donors (Lipinski definition) is 2. The average molecular weight is 459 g/mol. The molecule has 0 spiro atoms. The van der Waals surface area contributed by atoms with E-state index in [0.29, 0.717) is 11.7 Å². The first kappa shape index (κ1) is 23.0. The number of benzene rings is 2. The quantitative estimate of drug-likeness (QED) is 0.600. The Kier molecular flexibility index (Phi) is 5.97. The van der Waals surface area contributed by atoms with Crippen molar-refractivity contribution in [3.05, 3.63) is 64.5 Å². The van der Waals surface area contributed by atoms with E-state index in [-0.39, 0.29) is 18.2 Å². The van der Waals surface area contributed by atoms with E-state index in [9.17, 15) is 10.4 Å². The Hall–Kier alpha value is -2.72. The Labute approximate surface area is 201 Å². The van der Waals surface area contributed by atoms with E-state index >= 15 is 0 Å². The molecule has 2 heterocycles. The summed E-state index contributed by atoms with van der Waals surface area (Å²) in [4.78, 5) is 4.87. The molecule has 178 valence electrons. The second-order valence-corrected chi connectivity index (χ2v) is 10.6. The Bertz CT molecular complexity index is 1250. The van der Waals surface area contributed by atoms with Crippen LogP contribution in [-0.2, 0) is 23.2 Å². The van der Waals surface area contributed by atoms with E-state index in [1.807, 2.05) is 19.9 Å². The predicted molar refractivity (Wildman–Crippen MR) is 133 cm³/mol. The van der Waals surface area contributed by atoms with Crippen molar-refractivity contribution in [1.29, 1.82) is 5.26 Å². The lowest BCUT2D eigenvalue weighted by Crippen LogP contribution is -2.52. The molecule has 0 amide bonds. The molecular formula is C28H34N4O2. The number of methoxy groups -OCH3 is 1. The predicted octanol–water partition coefficient (Wildman–Crippen LogP) is 4.17. The van der Waals surface area contributed by atoms with Gasteiger partial charge in [-0.05, 0) is 99.9 Å². The maximum atomic E-state index is 11.0. The number of hydrogen-bond acceptors (Lipinski definition) is 5. The van der Waals surface area contributed by atoms with Crippen LogP contribution in [0.4, 0.5) is 0 Å². The molecular weight excluding hydrogens is 424 g/mol. The highest BCUT2D eigenvalue weighted by molar-refractivity contribution is 5.77. The van der Waals surface area contributed by atoms with Gasteiger partial charge in [0.15, 0.2) is 0 Å². The van der Waals surface area contributed by atoms with Gasteiger partial charge in [-0.1, -0.05) is 12.1 Å². The molecule has 34 heavy (non-hydrogen) atoms. The molecule has 6 heteroatoms. The lowest BCUT2D eigenvalue weighted by atomic mass is 9.87. The van der Waals surface area contributed by atoms with E-state index in [0.717, 1.165) is 54.4 Å². The van der Waals surface area contributed by atoms with E-state index in [4.69, 9.17) is 9.72 Å². The van der Waals surface area contributed by atoms with Gasteiger partial charge in [-0.15, -0.1) is 0 Å². The zero-order valence-electron chi connectivity index (χ0n) is 20.5. The number of nitrogens with zero attached hydrogens (tertiary/aromatic N) is 3. The number of nitrogens with one attached hydrogen (secondary N) is 1. The number of nitriles is 1. The number of imidazole rings is 1. The number of rotatable bonds is 5. The summed E-state index contributed by atoms with van der Waals surface area (Å²) >= 11 is 0. The third-order valence-electron chi connectivity index (χ3n) is 7.56. The van der Waals surface area contributed by atoms with E-state index in [1.165, 1.54) is 11.1 Å². The van der Waals surface area contributed by atoms with Gasteiger partial charge in [0, 0.05) is 13.2 Å². The SMILES string of the molecule is CO[C@@H]1[C@H](CC2Cc3ccc(C#N)cc3C2)NCC[C@H]1n1c(C(C)(C)O)nc2cc(C)ccc21. The van der Waals surface area contributed by atoms with E-state index in [2.05, 4.69) is 53.2 Å². The number of aryl methyl sites for hydroxylation is 1. The fourth-order valence-corrected chi connectivity index (χ4v) is 6.06. The molecule has 1 aliphatic heterocycles. The molecule has 0 radical (unpaired) electrons. The van der Waals surface area contributed by atoms with Crippen LogP contribution in [-0.4, -0.2) is 40.5 Å². The van der Waals surface area contributed by atoms with Crippen LogP contribution in [0.5, 0.6) is 0 Å². The third-order valence-corrected chi connectivity index (χ3v) is 7.56. The van der Waals surface area contributed by atoms with Crippen LogP contribution in [0.2, 0.25) is 0 Å². The number of aromatic nitrogens is 2. The van der Waals surface area contributed by atoms with Crippen molar-refractivity contribution in [1.82, 2.24) is 14.9 Å². The second kappa shape index (κ2) is 8.81. The molecule has 1 fully saturated rings. The minimum atomic E-state index is -1.06. The van der Waals surface area contributed by atoms with Crippen LogP contribution in [0.25, 0.3) is 11.0 Å². The fraction of sp³-hybridized carbons (Fsp3) is 0.500. The van der Waals surface area contributed by atoms with Crippen LogP contribution >= 0.6 is 0 Å². The molecule has 0 bridgehead atoms. The van der Waals surface area contributed by atoms with Crippen molar-refractivity contribution in [3.8, 4) is 6.07 Å². The number of piperidine rings is 1. The van der Waals surface area contributed by atoms with Crippen LogP contribution in [0, 0.1) is 24.2 Å². The van der Waals surface area contributed by atoms with Crippen LogP contribution in [0.1, 0.15) is 60.8 Å². The van der Waals surface area contributed by atoms with Gasteiger partial charge in [-0.3, -0.25) is 0 Å². The summed E-state index contributed by atoms with van der Waals surface area (Å²) in [5, 5.41) is 24.0. The van der Waals surface area contributed by atoms with Gasteiger partial charge in [0.1, 0.15) is 11.4 Å². The van der Waals surface area contributed by atoms with Crippen molar-refractivity contribution in [3.63, 3.8) is 0 Å². The first-order valence-corrected chi connectivity index (χ1v) is 12.3. The monoisotopic (exact) mass is 458 g/mol. The second-order valence-electron chi connectivity index (χ2n) is 10.6. The lowest BCUT2D eigenvalue weighted by molar-refractivity contribution is -0.00657. The Morgan fingerprint density at radius 1 is 1.21 bits per heavy atom. The van der Waals surface area contributed by atoms with Gasteiger partial charge in [-0.25, -0.2) is 4.98 Å². The summed E-state index contributed by atoms with van der Waals surface area (Å²) < 4.78 is 8.40. The number of ether oxygens (including phenoxy) is 1. The minimum absolute atomic E-state index is 0.0352. The van der Waals surface area contributed by atoms with Crippen LogP contribution in [0.15, 0.2) is 36.4 Å². The molecule has 1 unspecified atom stereocenters. The summed E-state index contributed by atoms with van der Waals surface area (Å²) in [6, 6.07) is 15.0. The first-order chi connectivity index (χ1) is 16.3. The molecule has 3 aromatic rings. The summed E-state index contributed by atoms with van der Waals surface area (Å²) in [5.74, 6) is 1.21. The first-order valence-electron chi connectivity index (χ1n) is 12.3. The topological polar surface area (TPSA) is 83.1 Å². The standard InChI is InChI=1S/C28H34N4O2/c1-17-5-8-24-22(11-17)31-27(28(2,3)33)32(24)25-9-10-30-23(26(25)34-4)15-19-13-20-7-6-18(16-29)12-21(20)14-19/h5-8,11-12,19,23,25-26,30,33H,9-10,13-15H2,1-4H3/t19?,23-,25+,26+/m0/s1. The van der Waals surface area contributed by atoms with Crippen molar-refractivity contribution < 1.29 is 9.84 Å². The summed E-state index contributed by atoms with van der Waals surface area (Å²) in [5.41, 5.74) is 5.49. The van der Waals surface area contributed by atoms with Crippen molar-refractivity contribution in [2.75, 3.05) is 13.7 Å². The molecule has 0 saturated carbocycles. The van der Waals surface area contributed by atoms with Gasteiger partial charge in [0.05, 0.1) is 34.8 Å². The highest BCUT2D eigenvalue weighted by Gasteiger charge is 2.40. The summed E-state index contributed by atoms with van der Waals surface area (Å²) in [7, 11) is 1.80. The molecule has 1 aliphatic carbocycles. The maximum absolute atomic E-state index is 11.0. The number of aliphatic hydroxyl groups is 1. The third kappa shape index (κ3) is 4.13. The van der Waals surface area contributed by atoms with Gasteiger partial charge in [0.25, 0.3) is 0 Å². The van der Waals surface area contributed by atoms with E-state index in [1.54, 1.807) is 7.11 Å². The molecule has 2 aromatic carbocycles. The van der Waals surface area contributed by atoms with Gasteiger partial charge in [-0.2, -0.15) is 5.26 Å². The zero-order chi connectivity index (χ0) is 24.0. The highest BCUT2D eigenvalue weighted by atomic mass is 16.5. The fourth-order valence-electron chi connectivity index (χ4n) is 6.06. The van der Waals surface area contributed by atoms with Crippen molar-refractivity contribution in [2.24, 2.45) is 5.92 Å². The lowest BCUT2D eigenvalue weighted by Gasteiger charge is -2.41. The highest BCUT2D eigenvalue weighted by Crippen LogP contribution is 2.37. The average Bonchev–Trinajstić information content (AvgIpc) is 3.38. The van der Waals surface area contributed by atoms with Crippen molar-refractivity contribution >= 4 is 11.0 Å². The molecule has 4 atom stereocenters. The molecule has 1 aromatic heterocycles. The Balaban J connectivity index is 1.44. The van der Waals surface area contributed by atoms with Crippen molar-refractivity contribution in [2.45, 2.75) is 70.2 Å². The Morgan fingerprint density at radius 3 is 2.74 bits per heavy atom. The molecule has 2 aliphatic rings. The van der Waals surface area contributed by atoms with Gasteiger partial charge in [0.2, 0.25) is 0 Å². The van der Waals surface area contributed by atoms with Crippen LogP contribution < -0.4 is 5.32 Å². The van der Waals surface area contributed by atoms with Gasteiger partial charge >= 0.3 is 0 Å². The molecule has 6 nitrogen and oxygen atoms in total. The van der Waals surface area contributed by atoms with Gasteiger partial charge < -0.3 is 19.7 Å².